The Labute approximate surface area is 192 Å². The van der Waals surface area contributed by atoms with Crippen LogP contribution >= 0.6 is 23.2 Å². The van der Waals surface area contributed by atoms with E-state index < -0.39 is 0 Å². The maximum absolute atomic E-state index is 9.82. The lowest BCUT2D eigenvalue weighted by Gasteiger charge is -2.40. The van der Waals surface area contributed by atoms with Gasteiger partial charge in [-0.2, -0.15) is 5.26 Å². The van der Waals surface area contributed by atoms with E-state index >= 15 is 0 Å². The fourth-order valence-electron chi connectivity index (χ4n) is 5.06. The quantitative estimate of drug-likeness (QED) is 0.481. The van der Waals surface area contributed by atoms with Gasteiger partial charge in [-0.1, -0.05) is 59.6 Å². The van der Waals surface area contributed by atoms with Crippen molar-refractivity contribution in [1.82, 2.24) is 9.97 Å². The zero-order chi connectivity index (χ0) is 21.6. The summed E-state index contributed by atoms with van der Waals surface area (Å²) in [7, 11) is 0. The molecular weight excluding hydrogens is 427 g/mol. The lowest BCUT2D eigenvalue weighted by molar-refractivity contribution is 0.232. The highest BCUT2D eigenvalue weighted by atomic mass is 35.5. The van der Waals surface area contributed by atoms with Gasteiger partial charge in [0.05, 0.1) is 21.4 Å². The number of nitriles is 1. The lowest BCUT2D eigenvalue weighted by Crippen LogP contribution is -2.41. The molecule has 0 unspecified atom stereocenters. The van der Waals surface area contributed by atoms with Gasteiger partial charge in [-0.15, -0.1) is 0 Å². The molecule has 1 fully saturated rings. The number of fused-ring (bicyclic) bond motifs is 1. The van der Waals surface area contributed by atoms with Gasteiger partial charge >= 0.3 is 0 Å². The molecule has 4 nitrogen and oxygen atoms in total. The summed E-state index contributed by atoms with van der Waals surface area (Å²) in [5.74, 6) is 0.673. The molecule has 0 bridgehead atoms. The van der Waals surface area contributed by atoms with Crippen molar-refractivity contribution in [2.24, 2.45) is 5.41 Å². The number of halogens is 2. The zero-order valence-corrected chi connectivity index (χ0v) is 18.8. The van der Waals surface area contributed by atoms with Gasteiger partial charge in [0.1, 0.15) is 6.07 Å². The van der Waals surface area contributed by atoms with Crippen LogP contribution in [0.4, 0.5) is 5.82 Å². The number of aryl methyl sites for hydroxylation is 1. The van der Waals surface area contributed by atoms with E-state index in [1.54, 1.807) is 6.07 Å². The second-order valence-electron chi connectivity index (χ2n) is 8.65. The van der Waals surface area contributed by atoms with Gasteiger partial charge in [-0.25, -0.2) is 9.97 Å². The predicted molar refractivity (Wildman–Crippen MR) is 125 cm³/mol. The standard InChI is InChI=1S/C25H22Cl2N4/c1-16-23(19-7-4-8-20(26)22(19)27)30-21(15-28)24(29-16)31-11-9-25(10-12-31)13-17-5-2-3-6-18(17)14-25/h2-8H,9-14H2,1H3. The maximum Gasteiger partial charge on any atom is 0.183 e. The average molecular weight is 449 g/mol. The Morgan fingerprint density at radius 1 is 0.968 bits per heavy atom. The van der Waals surface area contributed by atoms with Crippen LogP contribution in [0.5, 0.6) is 0 Å². The molecule has 1 aliphatic heterocycles. The number of benzene rings is 2. The van der Waals surface area contributed by atoms with Crippen molar-refractivity contribution in [2.45, 2.75) is 32.6 Å². The summed E-state index contributed by atoms with van der Waals surface area (Å²) < 4.78 is 0. The molecule has 0 saturated carbocycles. The number of anilines is 1. The minimum atomic E-state index is 0.335. The smallest absolute Gasteiger partial charge is 0.183 e. The van der Waals surface area contributed by atoms with E-state index in [9.17, 15) is 5.26 Å². The van der Waals surface area contributed by atoms with Gasteiger partial charge in [-0.3, -0.25) is 0 Å². The molecule has 6 heteroatoms. The molecule has 1 aliphatic carbocycles. The van der Waals surface area contributed by atoms with Crippen molar-refractivity contribution >= 4 is 29.0 Å². The molecule has 5 rings (SSSR count). The molecule has 1 spiro atoms. The third-order valence-electron chi connectivity index (χ3n) is 6.74. The van der Waals surface area contributed by atoms with Gasteiger partial charge in [-0.05, 0) is 55.2 Å². The molecule has 2 aliphatic rings. The fourth-order valence-corrected chi connectivity index (χ4v) is 5.45. The summed E-state index contributed by atoms with van der Waals surface area (Å²) in [4.78, 5) is 11.7. The first-order chi connectivity index (χ1) is 15.0. The largest absolute Gasteiger partial charge is 0.354 e. The van der Waals surface area contributed by atoms with Crippen LogP contribution in [0.1, 0.15) is 35.4 Å². The molecule has 1 saturated heterocycles. The molecule has 0 radical (unpaired) electrons. The van der Waals surface area contributed by atoms with Gasteiger partial charge < -0.3 is 4.90 Å². The molecule has 0 amide bonds. The van der Waals surface area contributed by atoms with Gasteiger partial charge in [0.2, 0.25) is 0 Å². The van der Waals surface area contributed by atoms with E-state index in [4.69, 9.17) is 28.2 Å². The molecular formula is C25H22Cl2N4. The summed E-state index contributed by atoms with van der Waals surface area (Å²) in [6, 6.07) is 16.5. The number of hydrogen-bond donors (Lipinski definition) is 0. The number of rotatable bonds is 2. The van der Waals surface area contributed by atoms with E-state index in [0.29, 0.717) is 38.2 Å². The summed E-state index contributed by atoms with van der Waals surface area (Å²) in [5, 5.41) is 10.7. The maximum atomic E-state index is 9.82. The number of piperidine rings is 1. The normalized spacial score (nSPS) is 16.9. The SMILES string of the molecule is Cc1nc(N2CCC3(CC2)Cc2ccccc2C3)c(C#N)nc1-c1cccc(Cl)c1Cl. The first kappa shape index (κ1) is 20.3. The van der Waals surface area contributed by atoms with E-state index in [2.05, 4.69) is 40.2 Å². The molecule has 1 aromatic heterocycles. The first-order valence-electron chi connectivity index (χ1n) is 10.5. The minimum Gasteiger partial charge on any atom is -0.354 e. The van der Waals surface area contributed by atoms with Gasteiger partial charge in [0.15, 0.2) is 11.5 Å². The van der Waals surface area contributed by atoms with E-state index in [1.807, 2.05) is 19.1 Å². The zero-order valence-electron chi connectivity index (χ0n) is 17.3. The van der Waals surface area contributed by atoms with Gasteiger partial charge in [0, 0.05) is 18.7 Å². The number of nitrogens with zero attached hydrogens (tertiary/aromatic N) is 4. The van der Waals surface area contributed by atoms with Crippen molar-refractivity contribution in [3.05, 3.63) is 75.0 Å². The van der Waals surface area contributed by atoms with Crippen LogP contribution in [0.15, 0.2) is 42.5 Å². The monoisotopic (exact) mass is 448 g/mol. The van der Waals surface area contributed by atoms with E-state index in [-0.39, 0.29) is 0 Å². The Bertz CT molecular complexity index is 1180. The van der Waals surface area contributed by atoms with Crippen LogP contribution in [-0.4, -0.2) is 23.1 Å². The lowest BCUT2D eigenvalue weighted by atomic mass is 9.76. The Hall–Kier alpha value is -2.61. The Kier molecular flexibility index (Phi) is 5.12. The third kappa shape index (κ3) is 3.56. The highest BCUT2D eigenvalue weighted by Gasteiger charge is 2.40. The summed E-state index contributed by atoms with van der Waals surface area (Å²) in [6.07, 6.45) is 4.49. The van der Waals surface area contributed by atoms with Crippen molar-refractivity contribution < 1.29 is 0 Å². The molecule has 3 aromatic rings. The Morgan fingerprint density at radius 2 is 1.65 bits per heavy atom. The predicted octanol–water partition coefficient (Wildman–Crippen LogP) is 6.02. The second-order valence-corrected chi connectivity index (χ2v) is 9.44. The van der Waals surface area contributed by atoms with Crippen molar-refractivity contribution in [3.8, 4) is 17.3 Å². The van der Waals surface area contributed by atoms with E-state index in [0.717, 1.165) is 44.5 Å². The molecule has 2 aromatic carbocycles. The van der Waals surface area contributed by atoms with Crippen molar-refractivity contribution in [3.63, 3.8) is 0 Å². The van der Waals surface area contributed by atoms with Crippen LogP contribution in [0, 0.1) is 23.7 Å². The third-order valence-corrected chi connectivity index (χ3v) is 7.56. The fraction of sp³-hybridized carbons (Fsp3) is 0.320. The molecule has 0 atom stereocenters. The van der Waals surface area contributed by atoms with Crippen LogP contribution in [-0.2, 0) is 12.8 Å². The van der Waals surface area contributed by atoms with E-state index in [1.165, 1.54) is 11.1 Å². The van der Waals surface area contributed by atoms with Crippen LogP contribution in [0.3, 0.4) is 0 Å². The highest BCUT2D eigenvalue weighted by molar-refractivity contribution is 6.43. The minimum absolute atomic E-state index is 0.335. The number of hydrogen-bond acceptors (Lipinski definition) is 4. The Balaban J connectivity index is 1.41. The van der Waals surface area contributed by atoms with Crippen molar-refractivity contribution in [2.75, 3.05) is 18.0 Å². The van der Waals surface area contributed by atoms with Crippen LogP contribution in [0.25, 0.3) is 11.3 Å². The van der Waals surface area contributed by atoms with Crippen LogP contribution in [0.2, 0.25) is 10.0 Å². The first-order valence-corrected chi connectivity index (χ1v) is 11.3. The molecule has 0 N–H and O–H groups in total. The van der Waals surface area contributed by atoms with Crippen molar-refractivity contribution in [1.29, 1.82) is 5.26 Å². The molecule has 156 valence electrons. The average Bonchev–Trinajstić information content (AvgIpc) is 3.14. The highest BCUT2D eigenvalue weighted by Crippen LogP contribution is 2.45. The number of aromatic nitrogens is 2. The second kappa shape index (κ2) is 7.82. The topological polar surface area (TPSA) is 52.8 Å². The Morgan fingerprint density at radius 3 is 2.29 bits per heavy atom. The summed E-state index contributed by atoms with van der Waals surface area (Å²) in [5.41, 5.74) is 5.70. The molecule has 2 heterocycles. The summed E-state index contributed by atoms with van der Waals surface area (Å²) in [6.45, 7) is 3.67. The van der Waals surface area contributed by atoms with Gasteiger partial charge in [0.25, 0.3) is 0 Å². The molecule has 31 heavy (non-hydrogen) atoms. The van der Waals surface area contributed by atoms with Crippen LogP contribution < -0.4 is 4.90 Å². The summed E-state index contributed by atoms with van der Waals surface area (Å²) >= 11 is 12.6.